The maximum Gasteiger partial charge on any atom is 0.221 e. The summed E-state index contributed by atoms with van der Waals surface area (Å²) < 4.78 is 15.9. The molecule has 1 heterocycles. The van der Waals surface area contributed by atoms with E-state index in [0.29, 0.717) is 17.9 Å². The standard InChI is InChI=1S/C16H20FN3O/c1-3-7-20-8-6-13(11-20)10-18-16-9-14(19-12(2)21)4-5-15(16)17/h4-6,8-9,11,18H,3,7,10H2,1-2H3,(H,19,21). The lowest BCUT2D eigenvalue weighted by molar-refractivity contribution is -0.114. The van der Waals surface area contributed by atoms with Crippen molar-refractivity contribution < 1.29 is 9.18 Å². The minimum Gasteiger partial charge on any atom is -0.378 e. The van der Waals surface area contributed by atoms with E-state index in [9.17, 15) is 9.18 Å². The van der Waals surface area contributed by atoms with Crippen LogP contribution in [0.15, 0.2) is 36.7 Å². The number of carbonyl (C=O) groups is 1. The highest BCUT2D eigenvalue weighted by atomic mass is 19.1. The van der Waals surface area contributed by atoms with Gasteiger partial charge in [-0.15, -0.1) is 0 Å². The Labute approximate surface area is 124 Å². The molecule has 1 aromatic carbocycles. The molecule has 0 atom stereocenters. The van der Waals surface area contributed by atoms with E-state index >= 15 is 0 Å². The van der Waals surface area contributed by atoms with Crippen molar-refractivity contribution in [1.29, 1.82) is 0 Å². The zero-order chi connectivity index (χ0) is 15.2. The minimum absolute atomic E-state index is 0.177. The molecule has 0 fully saturated rings. The molecule has 0 saturated carbocycles. The lowest BCUT2D eigenvalue weighted by Crippen LogP contribution is -2.07. The number of halogens is 1. The Morgan fingerprint density at radius 2 is 2.14 bits per heavy atom. The molecule has 0 bridgehead atoms. The predicted octanol–water partition coefficient (Wildman–Crippen LogP) is 3.61. The Balaban J connectivity index is 2.02. The molecule has 112 valence electrons. The molecular weight excluding hydrogens is 269 g/mol. The highest BCUT2D eigenvalue weighted by Crippen LogP contribution is 2.20. The van der Waals surface area contributed by atoms with Crippen LogP contribution in [0.1, 0.15) is 25.8 Å². The highest BCUT2D eigenvalue weighted by Gasteiger charge is 2.05. The molecule has 0 aliphatic carbocycles. The van der Waals surface area contributed by atoms with Crippen LogP contribution in [0, 0.1) is 5.82 Å². The highest BCUT2D eigenvalue weighted by molar-refractivity contribution is 5.89. The molecule has 0 aliphatic rings. The summed E-state index contributed by atoms with van der Waals surface area (Å²) in [5.41, 5.74) is 2.05. The number of rotatable bonds is 6. The molecule has 0 radical (unpaired) electrons. The van der Waals surface area contributed by atoms with Gasteiger partial charge in [0, 0.05) is 38.1 Å². The van der Waals surface area contributed by atoms with E-state index in [1.54, 1.807) is 12.1 Å². The van der Waals surface area contributed by atoms with Crippen molar-refractivity contribution in [2.45, 2.75) is 33.4 Å². The van der Waals surface area contributed by atoms with Crippen LogP contribution in [0.5, 0.6) is 0 Å². The molecule has 4 nitrogen and oxygen atoms in total. The van der Waals surface area contributed by atoms with Crippen LogP contribution < -0.4 is 10.6 Å². The molecule has 2 N–H and O–H groups in total. The summed E-state index contributed by atoms with van der Waals surface area (Å²) in [5, 5.41) is 5.70. The number of carbonyl (C=O) groups excluding carboxylic acids is 1. The van der Waals surface area contributed by atoms with Crippen molar-refractivity contribution >= 4 is 17.3 Å². The Kier molecular flexibility index (Phi) is 4.98. The van der Waals surface area contributed by atoms with Crippen LogP contribution in [0.4, 0.5) is 15.8 Å². The van der Waals surface area contributed by atoms with Gasteiger partial charge in [0.05, 0.1) is 5.69 Å². The largest absolute Gasteiger partial charge is 0.378 e. The third kappa shape index (κ3) is 4.34. The summed E-state index contributed by atoms with van der Waals surface area (Å²) in [6.45, 7) is 5.07. The quantitative estimate of drug-likeness (QED) is 0.853. The van der Waals surface area contributed by atoms with Crippen LogP contribution in [-0.4, -0.2) is 10.5 Å². The van der Waals surface area contributed by atoms with Crippen molar-refractivity contribution in [3.8, 4) is 0 Å². The van der Waals surface area contributed by atoms with Gasteiger partial charge in [-0.25, -0.2) is 4.39 Å². The van der Waals surface area contributed by atoms with Crippen molar-refractivity contribution in [3.05, 3.63) is 48.0 Å². The Bertz CT molecular complexity index is 622. The van der Waals surface area contributed by atoms with Crippen molar-refractivity contribution in [1.82, 2.24) is 4.57 Å². The Morgan fingerprint density at radius 1 is 1.33 bits per heavy atom. The van der Waals surface area contributed by atoms with Crippen molar-refractivity contribution in [3.63, 3.8) is 0 Å². The van der Waals surface area contributed by atoms with E-state index in [1.807, 2.05) is 18.5 Å². The summed E-state index contributed by atoms with van der Waals surface area (Å²) in [5.74, 6) is -0.513. The van der Waals surface area contributed by atoms with Gasteiger partial charge in [-0.2, -0.15) is 0 Å². The van der Waals surface area contributed by atoms with E-state index in [0.717, 1.165) is 18.5 Å². The van der Waals surface area contributed by atoms with Crippen LogP contribution in [0.25, 0.3) is 0 Å². The average Bonchev–Trinajstić information content (AvgIpc) is 2.87. The Hall–Kier alpha value is -2.30. The van der Waals surface area contributed by atoms with Crippen LogP contribution in [0.3, 0.4) is 0 Å². The van der Waals surface area contributed by atoms with Gasteiger partial charge in [0.2, 0.25) is 5.91 Å². The number of nitrogens with zero attached hydrogens (tertiary/aromatic N) is 1. The number of hydrogen-bond acceptors (Lipinski definition) is 2. The SMILES string of the molecule is CCCn1ccc(CNc2cc(NC(C)=O)ccc2F)c1. The smallest absolute Gasteiger partial charge is 0.221 e. The number of aromatic nitrogens is 1. The van der Waals surface area contributed by atoms with E-state index < -0.39 is 0 Å². The van der Waals surface area contributed by atoms with Gasteiger partial charge in [-0.05, 0) is 36.2 Å². The van der Waals surface area contributed by atoms with Crippen molar-refractivity contribution in [2.75, 3.05) is 10.6 Å². The number of amides is 1. The number of anilines is 2. The molecule has 1 aromatic heterocycles. The number of nitrogens with one attached hydrogen (secondary N) is 2. The van der Waals surface area contributed by atoms with E-state index in [2.05, 4.69) is 22.1 Å². The van der Waals surface area contributed by atoms with E-state index in [1.165, 1.54) is 13.0 Å². The molecule has 2 aromatic rings. The summed E-state index contributed by atoms with van der Waals surface area (Å²) in [4.78, 5) is 11.0. The number of hydrogen-bond donors (Lipinski definition) is 2. The second-order valence-electron chi connectivity index (χ2n) is 4.99. The lowest BCUT2D eigenvalue weighted by Gasteiger charge is -2.09. The predicted molar refractivity (Wildman–Crippen MR) is 82.8 cm³/mol. The average molecular weight is 289 g/mol. The van der Waals surface area contributed by atoms with E-state index in [-0.39, 0.29) is 11.7 Å². The first-order chi connectivity index (χ1) is 10.1. The molecule has 21 heavy (non-hydrogen) atoms. The summed E-state index contributed by atoms with van der Waals surface area (Å²) in [7, 11) is 0. The van der Waals surface area contributed by atoms with Crippen LogP contribution in [-0.2, 0) is 17.9 Å². The molecule has 0 aliphatic heterocycles. The molecular formula is C16H20FN3O. The maximum atomic E-state index is 13.8. The normalized spacial score (nSPS) is 10.4. The first kappa shape index (κ1) is 15.1. The maximum absolute atomic E-state index is 13.8. The van der Waals surface area contributed by atoms with Gasteiger partial charge in [0.25, 0.3) is 0 Å². The number of benzene rings is 1. The summed E-state index contributed by atoms with van der Waals surface area (Å²) in [6, 6.07) is 6.49. The summed E-state index contributed by atoms with van der Waals surface area (Å²) in [6.07, 6.45) is 5.14. The second-order valence-corrected chi connectivity index (χ2v) is 4.99. The van der Waals surface area contributed by atoms with Gasteiger partial charge in [0.15, 0.2) is 0 Å². The fourth-order valence-corrected chi connectivity index (χ4v) is 2.13. The molecule has 0 unspecified atom stereocenters. The van der Waals surface area contributed by atoms with Gasteiger partial charge in [0.1, 0.15) is 5.82 Å². The first-order valence-corrected chi connectivity index (χ1v) is 7.04. The topological polar surface area (TPSA) is 46.1 Å². The molecule has 0 spiro atoms. The first-order valence-electron chi connectivity index (χ1n) is 7.04. The second kappa shape index (κ2) is 6.92. The minimum atomic E-state index is -0.336. The zero-order valence-corrected chi connectivity index (χ0v) is 12.3. The van der Waals surface area contributed by atoms with Crippen LogP contribution in [0.2, 0.25) is 0 Å². The third-order valence-corrected chi connectivity index (χ3v) is 3.06. The van der Waals surface area contributed by atoms with Crippen LogP contribution >= 0.6 is 0 Å². The van der Waals surface area contributed by atoms with Crippen molar-refractivity contribution in [2.24, 2.45) is 0 Å². The van der Waals surface area contributed by atoms with Gasteiger partial charge in [-0.3, -0.25) is 4.79 Å². The van der Waals surface area contributed by atoms with Gasteiger partial charge < -0.3 is 15.2 Å². The lowest BCUT2D eigenvalue weighted by atomic mass is 10.2. The Morgan fingerprint density at radius 3 is 2.86 bits per heavy atom. The third-order valence-electron chi connectivity index (χ3n) is 3.06. The zero-order valence-electron chi connectivity index (χ0n) is 12.3. The van der Waals surface area contributed by atoms with Gasteiger partial charge >= 0.3 is 0 Å². The number of aryl methyl sites for hydroxylation is 1. The van der Waals surface area contributed by atoms with E-state index in [4.69, 9.17) is 0 Å². The van der Waals surface area contributed by atoms with Gasteiger partial charge in [-0.1, -0.05) is 6.92 Å². The fourth-order valence-electron chi connectivity index (χ4n) is 2.13. The molecule has 5 heteroatoms. The fraction of sp³-hybridized carbons (Fsp3) is 0.312. The molecule has 0 saturated heterocycles. The molecule has 2 rings (SSSR count). The monoisotopic (exact) mass is 289 g/mol. The summed E-state index contributed by atoms with van der Waals surface area (Å²) >= 11 is 0. The molecule has 1 amide bonds.